The van der Waals surface area contributed by atoms with Crippen molar-refractivity contribution >= 4 is 5.91 Å². The summed E-state index contributed by atoms with van der Waals surface area (Å²) in [6, 6.07) is 3.34. The highest BCUT2D eigenvalue weighted by Crippen LogP contribution is 2.28. The molecule has 1 saturated heterocycles. The Labute approximate surface area is 149 Å². The van der Waals surface area contributed by atoms with E-state index in [1.54, 1.807) is 4.90 Å². The number of pyridine rings is 1. The zero-order valence-electron chi connectivity index (χ0n) is 14.3. The van der Waals surface area contributed by atoms with Crippen LogP contribution < -0.4 is 0 Å². The molecule has 26 heavy (non-hydrogen) atoms. The normalized spacial score (nSPS) is 17.5. The number of likely N-dealkylation sites (tertiary alicyclic amines) is 1. The quantitative estimate of drug-likeness (QED) is 0.780. The molecule has 4 heterocycles. The molecule has 0 aromatic carbocycles. The number of hydrogen-bond acceptors (Lipinski definition) is 5. The predicted octanol–water partition coefficient (Wildman–Crippen LogP) is 2.93. The monoisotopic (exact) mass is 355 g/mol. The number of halogens is 1. The molecule has 0 aliphatic carbocycles. The number of nitrogens with zero attached hydrogens (tertiary/aromatic N) is 4. The maximum Gasteiger partial charge on any atom is 0.256 e. The van der Waals surface area contributed by atoms with Gasteiger partial charge in [0.25, 0.3) is 5.91 Å². The van der Waals surface area contributed by atoms with E-state index in [-0.39, 0.29) is 17.4 Å². The minimum Gasteiger partial charge on any atom is -0.358 e. The summed E-state index contributed by atoms with van der Waals surface area (Å²) >= 11 is 0. The Balaban J connectivity index is 1.51. The van der Waals surface area contributed by atoms with E-state index in [9.17, 15) is 9.18 Å². The van der Waals surface area contributed by atoms with Crippen molar-refractivity contribution < 1.29 is 13.7 Å². The van der Waals surface area contributed by atoms with Crippen LogP contribution in [0.3, 0.4) is 0 Å². The van der Waals surface area contributed by atoms with Crippen LogP contribution in [0.4, 0.5) is 4.39 Å². The second kappa shape index (κ2) is 6.70. The van der Waals surface area contributed by atoms with E-state index >= 15 is 0 Å². The van der Waals surface area contributed by atoms with Gasteiger partial charge in [-0.3, -0.25) is 9.78 Å². The van der Waals surface area contributed by atoms with E-state index in [1.807, 2.05) is 19.2 Å². The van der Waals surface area contributed by atoms with Gasteiger partial charge in [0.1, 0.15) is 0 Å². The van der Waals surface area contributed by atoms with Crippen molar-refractivity contribution in [3.63, 3.8) is 0 Å². The molecular weight excluding hydrogens is 337 g/mol. The maximum atomic E-state index is 13.9. The van der Waals surface area contributed by atoms with Crippen LogP contribution in [0.15, 0.2) is 35.2 Å². The highest BCUT2D eigenvalue weighted by molar-refractivity contribution is 5.94. The van der Waals surface area contributed by atoms with Crippen LogP contribution >= 0.6 is 0 Å². The fourth-order valence-electron chi connectivity index (χ4n) is 3.22. The summed E-state index contributed by atoms with van der Waals surface area (Å²) in [4.78, 5) is 25.5. The number of rotatable bonds is 3. The summed E-state index contributed by atoms with van der Waals surface area (Å²) in [5, 5.41) is 4.03. The standard InChI is InChI=1S/C18H18FN5O2/c1-11-7-15(21-8-11)16-22-17(26-23-16)12-3-2-6-24(10-12)18(25)13-4-5-20-9-14(13)19/h4-5,7-9,12,21H,2-3,6,10H2,1H3/t12-/m0/s1. The molecule has 3 aromatic heterocycles. The molecule has 1 amide bonds. The van der Waals surface area contributed by atoms with Crippen LogP contribution in [0.25, 0.3) is 11.5 Å². The number of aryl methyl sites for hydroxylation is 1. The molecule has 1 aliphatic rings. The summed E-state index contributed by atoms with van der Waals surface area (Å²) in [7, 11) is 0. The number of hydrogen-bond donors (Lipinski definition) is 1. The van der Waals surface area contributed by atoms with Gasteiger partial charge in [0, 0.05) is 25.5 Å². The molecule has 8 heteroatoms. The highest BCUT2D eigenvalue weighted by Gasteiger charge is 2.30. The third-order valence-corrected chi connectivity index (χ3v) is 4.57. The Morgan fingerprint density at radius 2 is 2.35 bits per heavy atom. The summed E-state index contributed by atoms with van der Waals surface area (Å²) < 4.78 is 19.3. The van der Waals surface area contributed by atoms with E-state index in [1.165, 1.54) is 12.3 Å². The van der Waals surface area contributed by atoms with Crippen LogP contribution in [-0.2, 0) is 0 Å². The molecule has 4 rings (SSSR count). The van der Waals surface area contributed by atoms with E-state index < -0.39 is 5.82 Å². The molecule has 3 aromatic rings. The number of nitrogens with one attached hydrogen (secondary N) is 1. The number of carbonyl (C=O) groups is 1. The van der Waals surface area contributed by atoms with Crippen molar-refractivity contribution in [2.75, 3.05) is 13.1 Å². The van der Waals surface area contributed by atoms with Crippen molar-refractivity contribution in [3.05, 3.63) is 53.6 Å². The fraction of sp³-hybridized carbons (Fsp3) is 0.333. The lowest BCUT2D eigenvalue weighted by Crippen LogP contribution is -2.39. The Hall–Kier alpha value is -3.03. The molecule has 1 atom stereocenters. The Bertz CT molecular complexity index is 935. The number of piperidine rings is 1. The zero-order chi connectivity index (χ0) is 18.1. The first kappa shape index (κ1) is 16.4. The topological polar surface area (TPSA) is 87.9 Å². The number of amides is 1. The van der Waals surface area contributed by atoms with Crippen molar-refractivity contribution in [2.24, 2.45) is 0 Å². The van der Waals surface area contributed by atoms with Gasteiger partial charge in [0.15, 0.2) is 5.82 Å². The van der Waals surface area contributed by atoms with Gasteiger partial charge in [-0.15, -0.1) is 0 Å². The van der Waals surface area contributed by atoms with Gasteiger partial charge in [-0.1, -0.05) is 5.16 Å². The summed E-state index contributed by atoms with van der Waals surface area (Å²) in [6.45, 7) is 2.98. The molecule has 134 valence electrons. The number of aromatic amines is 1. The largest absolute Gasteiger partial charge is 0.358 e. The van der Waals surface area contributed by atoms with Crippen molar-refractivity contribution in [1.82, 2.24) is 25.0 Å². The molecule has 0 spiro atoms. The summed E-state index contributed by atoms with van der Waals surface area (Å²) in [5.74, 6) is -0.0114. The molecule has 1 fully saturated rings. The smallest absolute Gasteiger partial charge is 0.256 e. The van der Waals surface area contributed by atoms with E-state index in [0.717, 1.165) is 30.3 Å². The van der Waals surface area contributed by atoms with Gasteiger partial charge < -0.3 is 14.4 Å². The highest BCUT2D eigenvalue weighted by atomic mass is 19.1. The molecule has 7 nitrogen and oxygen atoms in total. The Kier molecular flexibility index (Phi) is 4.24. The zero-order valence-corrected chi connectivity index (χ0v) is 14.3. The number of aromatic nitrogens is 4. The molecule has 1 N–H and O–H groups in total. The van der Waals surface area contributed by atoms with Crippen molar-refractivity contribution in [1.29, 1.82) is 0 Å². The molecule has 1 aliphatic heterocycles. The van der Waals surface area contributed by atoms with Crippen molar-refractivity contribution in [2.45, 2.75) is 25.7 Å². The Morgan fingerprint density at radius 3 is 3.12 bits per heavy atom. The Morgan fingerprint density at radius 1 is 1.46 bits per heavy atom. The third-order valence-electron chi connectivity index (χ3n) is 4.57. The van der Waals surface area contributed by atoms with Crippen LogP contribution in [0.2, 0.25) is 0 Å². The first-order chi connectivity index (χ1) is 12.6. The van der Waals surface area contributed by atoms with Crippen molar-refractivity contribution in [3.8, 4) is 11.5 Å². The second-order valence-electron chi connectivity index (χ2n) is 6.49. The number of H-pyrrole nitrogens is 1. The van der Waals surface area contributed by atoms with E-state index in [0.29, 0.717) is 24.8 Å². The summed E-state index contributed by atoms with van der Waals surface area (Å²) in [6.07, 6.45) is 5.98. The molecule has 0 saturated carbocycles. The van der Waals surface area contributed by atoms with E-state index in [4.69, 9.17) is 4.52 Å². The second-order valence-corrected chi connectivity index (χ2v) is 6.49. The van der Waals surface area contributed by atoms with Gasteiger partial charge in [0.05, 0.1) is 23.4 Å². The number of carbonyl (C=O) groups excluding carboxylic acids is 1. The van der Waals surface area contributed by atoms with Crippen LogP contribution in [0.1, 0.15) is 40.6 Å². The maximum absolute atomic E-state index is 13.9. The van der Waals surface area contributed by atoms with Gasteiger partial charge in [0.2, 0.25) is 11.7 Å². The molecule has 0 unspecified atom stereocenters. The van der Waals surface area contributed by atoms with Crippen LogP contribution in [0.5, 0.6) is 0 Å². The van der Waals surface area contributed by atoms with Gasteiger partial charge in [-0.2, -0.15) is 4.98 Å². The SMILES string of the molecule is Cc1c[nH]c(-c2noc([C@H]3CCCN(C(=O)c4ccncc4F)C3)n2)c1. The minimum atomic E-state index is -0.609. The minimum absolute atomic E-state index is 0.0359. The van der Waals surface area contributed by atoms with Gasteiger partial charge >= 0.3 is 0 Å². The molecular formula is C18H18FN5O2. The summed E-state index contributed by atoms with van der Waals surface area (Å²) in [5.41, 5.74) is 1.91. The lowest BCUT2D eigenvalue weighted by molar-refractivity contribution is 0.0690. The predicted molar refractivity (Wildman–Crippen MR) is 90.9 cm³/mol. The lowest BCUT2D eigenvalue weighted by atomic mass is 9.97. The van der Waals surface area contributed by atoms with Gasteiger partial charge in [-0.25, -0.2) is 4.39 Å². The first-order valence-corrected chi connectivity index (χ1v) is 8.49. The average Bonchev–Trinajstić information content (AvgIpc) is 3.31. The van der Waals surface area contributed by atoms with E-state index in [2.05, 4.69) is 20.1 Å². The first-order valence-electron chi connectivity index (χ1n) is 8.49. The van der Waals surface area contributed by atoms with Crippen LogP contribution in [-0.4, -0.2) is 44.0 Å². The molecule has 0 radical (unpaired) electrons. The fourth-order valence-corrected chi connectivity index (χ4v) is 3.22. The third kappa shape index (κ3) is 3.10. The van der Waals surface area contributed by atoms with Crippen LogP contribution in [0, 0.1) is 12.7 Å². The van der Waals surface area contributed by atoms with Gasteiger partial charge in [-0.05, 0) is 37.5 Å². The lowest BCUT2D eigenvalue weighted by Gasteiger charge is -2.31. The average molecular weight is 355 g/mol. The molecule has 0 bridgehead atoms.